The van der Waals surface area contributed by atoms with E-state index in [0.29, 0.717) is 0 Å². The highest BCUT2D eigenvalue weighted by Crippen LogP contribution is 2.46. The SMILES string of the molecule is C[C@H](N)P(=O)(O)C[C@@H](Cc1ccc(-c2ccccc2)cc1)C(=O)C[C@H](N)C(=O)O.N[P+](=O)O. The summed E-state index contributed by atoms with van der Waals surface area (Å²) in [6.45, 7) is 1.42. The Morgan fingerprint density at radius 3 is 1.97 bits per heavy atom. The maximum Gasteiger partial charge on any atom is 0.607 e. The van der Waals surface area contributed by atoms with Crippen LogP contribution in [-0.4, -0.2) is 44.6 Å². The fourth-order valence-corrected chi connectivity index (χ4v) is 4.28. The number of carboxylic acid groups (broad SMARTS) is 1. The van der Waals surface area contributed by atoms with Gasteiger partial charge in [0.05, 0.1) is 5.78 Å². The molecule has 2 unspecified atom stereocenters. The van der Waals surface area contributed by atoms with E-state index in [0.717, 1.165) is 16.7 Å². The second-order valence-electron chi connectivity index (χ2n) is 7.56. The van der Waals surface area contributed by atoms with Gasteiger partial charge in [0.25, 0.3) is 0 Å². The molecule has 12 heteroatoms. The highest BCUT2D eigenvalue weighted by molar-refractivity contribution is 7.58. The molecule has 0 amide bonds. The van der Waals surface area contributed by atoms with Crippen molar-refractivity contribution in [2.75, 3.05) is 6.16 Å². The summed E-state index contributed by atoms with van der Waals surface area (Å²) in [5, 5.41) is 8.96. The van der Waals surface area contributed by atoms with Gasteiger partial charge in [-0.3, -0.25) is 14.2 Å². The molecule has 0 saturated heterocycles. The van der Waals surface area contributed by atoms with E-state index in [1.54, 1.807) is 0 Å². The number of carboxylic acids is 1. The van der Waals surface area contributed by atoms with E-state index in [1.165, 1.54) is 6.92 Å². The number of hydrogen-bond donors (Lipinski definition) is 6. The van der Waals surface area contributed by atoms with Crippen molar-refractivity contribution in [2.45, 2.75) is 31.6 Å². The molecule has 0 radical (unpaired) electrons. The number of ketones is 1. The number of benzene rings is 2. The molecule has 33 heavy (non-hydrogen) atoms. The van der Waals surface area contributed by atoms with Crippen LogP contribution in [0.1, 0.15) is 18.9 Å². The molecule has 2 rings (SSSR count). The summed E-state index contributed by atoms with van der Waals surface area (Å²) in [5.74, 6) is -3.57. The van der Waals surface area contributed by atoms with Crippen molar-refractivity contribution >= 4 is 27.3 Å². The van der Waals surface area contributed by atoms with Gasteiger partial charge < -0.3 is 21.5 Å². The average molecular weight is 498 g/mol. The summed E-state index contributed by atoms with van der Waals surface area (Å²) >= 11 is 0. The van der Waals surface area contributed by atoms with Gasteiger partial charge in [0, 0.05) is 18.5 Å². The lowest BCUT2D eigenvalue weighted by Gasteiger charge is -2.22. The van der Waals surface area contributed by atoms with E-state index in [9.17, 15) is 19.0 Å². The van der Waals surface area contributed by atoms with Crippen LogP contribution in [0.15, 0.2) is 54.6 Å². The first-order chi connectivity index (χ1) is 15.3. The minimum absolute atomic E-state index is 0.206. The Bertz CT molecular complexity index is 981. The molecule has 0 spiro atoms. The minimum Gasteiger partial charge on any atom is -0.480 e. The van der Waals surface area contributed by atoms with Gasteiger partial charge in [-0.2, -0.15) is 0 Å². The Hall–Kier alpha value is -2.29. The standard InChI is InChI=1S/C21H27N2O5P.H2NO2P/c1-14(22)29(27,28)13-18(20(24)12-19(23)21(25)26)11-15-7-9-17(10-8-15)16-5-3-2-4-6-16;1-4(2)3/h2-10,14,18-19H,11-13,22-23H2,1H3,(H,25,26)(H,27,28);(H2-,1,2,3)/p+1/t14-,18-,19+;/m1./s1. The zero-order valence-electron chi connectivity index (χ0n) is 18.2. The van der Waals surface area contributed by atoms with Crippen molar-refractivity contribution in [3.63, 3.8) is 0 Å². The molecule has 2 aromatic rings. The molecule has 2 aromatic carbocycles. The molecular weight excluding hydrogens is 468 g/mol. The van der Waals surface area contributed by atoms with Crippen LogP contribution in [0.2, 0.25) is 0 Å². The number of hydrogen-bond acceptors (Lipinski definition) is 6. The normalized spacial score (nSPS) is 15.8. The largest absolute Gasteiger partial charge is 0.607 e. The fraction of sp³-hybridized carbons (Fsp3) is 0.333. The van der Waals surface area contributed by atoms with E-state index >= 15 is 0 Å². The van der Waals surface area contributed by atoms with Gasteiger partial charge in [0.1, 0.15) is 11.8 Å². The van der Waals surface area contributed by atoms with Gasteiger partial charge in [0.2, 0.25) is 7.37 Å². The zero-order valence-corrected chi connectivity index (χ0v) is 19.9. The minimum atomic E-state index is -3.77. The summed E-state index contributed by atoms with van der Waals surface area (Å²) in [6.07, 6.45) is -0.505. The van der Waals surface area contributed by atoms with Gasteiger partial charge in [-0.05, 0) is 34.6 Å². The average Bonchev–Trinajstić information content (AvgIpc) is 2.73. The van der Waals surface area contributed by atoms with Crippen molar-refractivity contribution < 1.29 is 33.6 Å². The Balaban J connectivity index is 0.00000125. The lowest BCUT2D eigenvalue weighted by atomic mass is 9.92. The number of nitrogens with two attached hydrogens (primary N) is 3. The molecule has 0 aliphatic heterocycles. The molecule has 0 aromatic heterocycles. The van der Waals surface area contributed by atoms with Crippen LogP contribution >= 0.6 is 15.5 Å². The molecule has 0 fully saturated rings. The van der Waals surface area contributed by atoms with Crippen molar-refractivity contribution in [3.8, 4) is 11.1 Å². The lowest BCUT2D eigenvalue weighted by molar-refractivity contribution is -0.140. The molecule has 0 heterocycles. The summed E-state index contributed by atoms with van der Waals surface area (Å²) in [4.78, 5) is 41.1. The van der Waals surface area contributed by atoms with Gasteiger partial charge in [-0.25, -0.2) is 0 Å². The molecule has 10 nitrogen and oxygen atoms in total. The van der Waals surface area contributed by atoms with Crippen LogP contribution in [0.3, 0.4) is 0 Å². The van der Waals surface area contributed by atoms with Crippen LogP contribution in [0.4, 0.5) is 0 Å². The first-order valence-electron chi connectivity index (χ1n) is 9.96. The maximum atomic E-state index is 12.6. The third-order valence-corrected chi connectivity index (χ3v) is 7.09. The molecule has 9 N–H and O–H groups in total. The monoisotopic (exact) mass is 498 g/mol. The zero-order chi connectivity index (χ0) is 25.2. The smallest absolute Gasteiger partial charge is 0.480 e. The molecule has 0 bridgehead atoms. The highest BCUT2D eigenvalue weighted by atomic mass is 31.2. The van der Waals surface area contributed by atoms with Gasteiger partial charge in [-0.1, -0.05) is 60.1 Å². The van der Waals surface area contributed by atoms with Crippen LogP contribution in [0.5, 0.6) is 0 Å². The van der Waals surface area contributed by atoms with Crippen LogP contribution < -0.4 is 17.0 Å². The number of carbonyl (C=O) groups is 2. The quantitative estimate of drug-likeness (QED) is 0.263. The summed E-state index contributed by atoms with van der Waals surface area (Å²) in [5.41, 5.74) is 18.1. The summed E-state index contributed by atoms with van der Waals surface area (Å²) in [6, 6.07) is 16.0. The Labute approximate surface area is 193 Å². The van der Waals surface area contributed by atoms with Gasteiger partial charge >= 0.3 is 14.1 Å². The molecule has 0 aliphatic rings. The van der Waals surface area contributed by atoms with E-state index in [4.69, 9.17) is 26.0 Å². The molecule has 0 aliphatic carbocycles. The third-order valence-electron chi connectivity index (χ3n) is 4.86. The number of carbonyl (C=O) groups excluding carboxylic acids is 1. The van der Waals surface area contributed by atoms with Crippen LogP contribution in [0, 0.1) is 5.92 Å². The lowest BCUT2D eigenvalue weighted by Crippen LogP contribution is -2.36. The van der Waals surface area contributed by atoms with Crippen LogP contribution in [-0.2, 0) is 25.1 Å². The van der Waals surface area contributed by atoms with Gasteiger partial charge in [0.15, 0.2) is 0 Å². The Kier molecular flexibility index (Phi) is 11.7. The fourth-order valence-electron chi connectivity index (χ4n) is 2.98. The van der Waals surface area contributed by atoms with E-state index in [2.05, 4.69) is 5.50 Å². The molecular formula is C21H30N3O7P2+. The second-order valence-corrected chi connectivity index (χ2v) is 10.9. The predicted molar refractivity (Wildman–Crippen MR) is 127 cm³/mol. The van der Waals surface area contributed by atoms with Crippen molar-refractivity contribution in [1.82, 2.24) is 0 Å². The maximum absolute atomic E-state index is 12.6. The second kappa shape index (κ2) is 13.4. The summed E-state index contributed by atoms with van der Waals surface area (Å²) in [7, 11) is -6.14. The Morgan fingerprint density at radius 1 is 1.03 bits per heavy atom. The number of aliphatic carboxylic acids is 1. The highest BCUT2D eigenvalue weighted by Gasteiger charge is 2.33. The topological polar surface area (TPSA) is 207 Å². The van der Waals surface area contributed by atoms with Crippen molar-refractivity contribution in [1.29, 1.82) is 0 Å². The van der Waals surface area contributed by atoms with Crippen molar-refractivity contribution in [3.05, 3.63) is 60.2 Å². The van der Waals surface area contributed by atoms with E-state index in [-0.39, 0.29) is 12.6 Å². The number of rotatable bonds is 10. The third kappa shape index (κ3) is 10.5. The molecule has 180 valence electrons. The first-order valence-corrected chi connectivity index (χ1v) is 13.2. The molecule has 5 atom stereocenters. The summed E-state index contributed by atoms with van der Waals surface area (Å²) < 4.78 is 21.3. The van der Waals surface area contributed by atoms with E-state index in [1.807, 2.05) is 54.6 Å². The predicted octanol–water partition coefficient (Wildman–Crippen LogP) is 2.05. The van der Waals surface area contributed by atoms with Crippen LogP contribution in [0.25, 0.3) is 11.1 Å². The Morgan fingerprint density at radius 2 is 1.52 bits per heavy atom. The number of Topliss-reactive ketones (excluding diaryl/α,β-unsaturated/α-hetero) is 1. The first kappa shape index (κ1) is 28.7. The van der Waals surface area contributed by atoms with Crippen molar-refractivity contribution in [2.24, 2.45) is 22.9 Å². The van der Waals surface area contributed by atoms with E-state index < -0.39 is 51.5 Å². The van der Waals surface area contributed by atoms with Gasteiger partial charge in [-0.15, -0.1) is 4.89 Å². The molecule has 0 saturated carbocycles.